The second kappa shape index (κ2) is 12.5. The van der Waals surface area contributed by atoms with Crippen molar-refractivity contribution in [2.24, 2.45) is 0 Å². The van der Waals surface area contributed by atoms with Gasteiger partial charge in [-0.05, 0) is 86.3 Å². The minimum absolute atomic E-state index is 0.0936. The molecule has 0 saturated heterocycles. The maximum absolute atomic E-state index is 14.1. The molecule has 0 aliphatic heterocycles. The van der Waals surface area contributed by atoms with E-state index in [1.165, 1.54) is 0 Å². The van der Waals surface area contributed by atoms with Gasteiger partial charge in [0.1, 0.15) is 17.7 Å². The highest BCUT2D eigenvalue weighted by atomic mass is 32.2. The maximum atomic E-state index is 14.1. The Morgan fingerprint density at radius 1 is 1.06 bits per heavy atom. The highest BCUT2D eigenvalue weighted by molar-refractivity contribution is 7.98. The quantitative estimate of drug-likeness (QED) is 0.514. The van der Waals surface area contributed by atoms with Crippen LogP contribution >= 0.6 is 11.8 Å². The first-order valence-electron chi connectivity index (χ1n) is 11.8. The Bertz CT molecular complexity index is 843. The number of amides is 3. The lowest BCUT2D eigenvalue weighted by atomic mass is 9.94. The summed E-state index contributed by atoms with van der Waals surface area (Å²) in [4.78, 5) is 41.7. The van der Waals surface area contributed by atoms with Crippen LogP contribution in [-0.2, 0) is 14.3 Å². The smallest absolute Gasteiger partial charge is 0.408 e. The predicted octanol–water partition coefficient (Wildman–Crippen LogP) is 4.83. The zero-order chi connectivity index (χ0) is 26.3. The minimum Gasteiger partial charge on any atom is -0.444 e. The first-order valence-corrected chi connectivity index (χ1v) is 13.1. The number of nitrogens with zero attached hydrogens (tertiary/aromatic N) is 1. The molecule has 0 aliphatic rings. The van der Waals surface area contributed by atoms with Gasteiger partial charge in [-0.15, -0.1) is 0 Å². The number of thioether (sulfide) groups is 1. The third kappa shape index (κ3) is 9.57. The average Bonchev–Trinajstić information content (AvgIpc) is 2.65. The van der Waals surface area contributed by atoms with Crippen LogP contribution in [0.5, 0.6) is 0 Å². The number of ether oxygens (including phenoxy) is 1. The minimum atomic E-state index is -0.855. The van der Waals surface area contributed by atoms with E-state index in [1.807, 2.05) is 72.1 Å². The Balaban J connectivity index is 3.52. The van der Waals surface area contributed by atoms with Gasteiger partial charge >= 0.3 is 6.09 Å². The van der Waals surface area contributed by atoms with Gasteiger partial charge in [0, 0.05) is 11.6 Å². The monoisotopic (exact) mass is 493 g/mol. The summed E-state index contributed by atoms with van der Waals surface area (Å²) >= 11 is 1.59. The number of carbonyl (C=O) groups is 3. The van der Waals surface area contributed by atoms with Crippen LogP contribution < -0.4 is 10.6 Å². The molecule has 0 aliphatic carbocycles. The Morgan fingerprint density at radius 2 is 1.68 bits per heavy atom. The topological polar surface area (TPSA) is 87.7 Å². The first kappa shape index (κ1) is 29.8. The van der Waals surface area contributed by atoms with Gasteiger partial charge < -0.3 is 20.3 Å². The van der Waals surface area contributed by atoms with Crippen molar-refractivity contribution < 1.29 is 19.1 Å². The summed E-state index contributed by atoms with van der Waals surface area (Å²) in [5, 5.41) is 5.73. The molecule has 192 valence electrons. The second-order valence-corrected chi connectivity index (χ2v) is 11.8. The van der Waals surface area contributed by atoms with E-state index in [4.69, 9.17) is 4.74 Å². The maximum Gasteiger partial charge on any atom is 0.408 e. The van der Waals surface area contributed by atoms with Gasteiger partial charge in [0.25, 0.3) is 0 Å². The summed E-state index contributed by atoms with van der Waals surface area (Å²) in [6.07, 6.45) is 1.71. The van der Waals surface area contributed by atoms with Crippen molar-refractivity contribution in [2.75, 3.05) is 12.0 Å². The van der Waals surface area contributed by atoms with E-state index in [0.717, 1.165) is 11.1 Å². The van der Waals surface area contributed by atoms with Crippen LogP contribution in [0.3, 0.4) is 0 Å². The van der Waals surface area contributed by atoms with E-state index in [1.54, 1.807) is 37.4 Å². The molecule has 1 aromatic carbocycles. The highest BCUT2D eigenvalue weighted by Gasteiger charge is 2.41. The molecule has 0 heterocycles. The van der Waals surface area contributed by atoms with Crippen LogP contribution in [-0.4, -0.2) is 58.0 Å². The van der Waals surface area contributed by atoms with Crippen molar-refractivity contribution >= 4 is 29.7 Å². The molecular formula is C26H43N3O4S. The third-order valence-electron chi connectivity index (χ3n) is 4.86. The van der Waals surface area contributed by atoms with Gasteiger partial charge in [-0.3, -0.25) is 9.59 Å². The highest BCUT2D eigenvalue weighted by Crippen LogP contribution is 2.31. The Labute approximate surface area is 209 Å². The number of hydrogen-bond acceptors (Lipinski definition) is 5. The van der Waals surface area contributed by atoms with Gasteiger partial charge in [0.15, 0.2) is 0 Å². The molecular weight excluding hydrogens is 450 g/mol. The number of benzene rings is 1. The summed E-state index contributed by atoms with van der Waals surface area (Å²) in [7, 11) is 0. The van der Waals surface area contributed by atoms with Crippen LogP contribution in [0, 0.1) is 6.92 Å². The molecule has 2 N–H and O–H groups in total. The van der Waals surface area contributed by atoms with Crippen molar-refractivity contribution in [3.63, 3.8) is 0 Å². The largest absolute Gasteiger partial charge is 0.444 e. The molecule has 2 atom stereocenters. The number of nitrogens with one attached hydrogen (secondary N) is 2. The van der Waals surface area contributed by atoms with E-state index in [2.05, 4.69) is 10.6 Å². The summed E-state index contributed by atoms with van der Waals surface area (Å²) in [6, 6.07) is 5.85. The molecule has 2 unspecified atom stereocenters. The molecule has 1 aromatic rings. The van der Waals surface area contributed by atoms with Gasteiger partial charge in [-0.25, -0.2) is 4.79 Å². The second-order valence-electron chi connectivity index (χ2n) is 10.8. The zero-order valence-corrected chi connectivity index (χ0v) is 23.3. The molecule has 1 rings (SSSR count). The van der Waals surface area contributed by atoms with E-state index in [9.17, 15) is 14.4 Å². The fourth-order valence-corrected chi connectivity index (χ4v) is 4.05. The lowest BCUT2D eigenvalue weighted by molar-refractivity contribution is -0.148. The van der Waals surface area contributed by atoms with Crippen LogP contribution in [0.2, 0.25) is 0 Å². The Hall–Kier alpha value is -2.22. The number of aryl methyl sites for hydroxylation is 1. The zero-order valence-electron chi connectivity index (χ0n) is 22.4. The normalized spacial score (nSPS) is 13.7. The van der Waals surface area contributed by atoms with E-state index < -0.39 is 29.3 Å². The van der Waals surface area contributed by atoms with Crippen molar-refractivity contribution in [1.82, 2.24) is 15.5 Å². The molecule has 0 aromatic heterocycles. The first-order chi connectivity index (χ1) is 15.6. The Morgan fingerprint density at radius 3 is 2.15 bits per heavy atom. The van der Waals surface area contributed by atoms with Gasteiger partial charge in [0.05, 0.1) is 0 Å². The van der Waals surface area contributed by atoms with Crippen LogP contribution in [0.25, 0.3) is 0 Å². The summed E-state index contributed by atoms with van der Waals surface area (Å²) in [5.41, 5.74) is 0.323. The predicted molar refractivity (Wildman–Crippen MR) is 140 cm³/mol. The number of rotatable bonds is 9. The van der Waals surface area contributed by atoms with Crippen LogP contribution in [0.4, 0.5) is 4.79 Å². The van der Waals surface area contributed by atoms with E-state index >= 15 is 0 Å². The number of carbonyl (C=O) groups excluding carboxylic acids is 3. The van der Waals surface area contributed by atoms with Crippen LogP contribution in [0.15, 0.2) is 24.3 Å². The van der Waals surface area contributed by atoms with Crippen molar-refractivity contribution in [2.45, 2.75) is 98.0 Å². The van der Waals surface area contributed by atoms with Gasteiger partial charge in [-0.2, -0.15) is 11.8 Å². The number of hydrogen-bond donors (Lipinski definition) is 2. The van der Waals surface area contributed by atoms with Gasteiger partial charge in [0.2, 0.25) is 11.8 Å². The molecule has 0 fully saturated rings. The molecule has 34 heavy (non-hydrogen) atoms. The van der Waals surface area contributed by atoms with Crippen molar-refractivity contribution in [3.8, 4) is 0 Å². The summed E-state index contributed by atoms with van der Waals surface area (Å²) in [6.45, 7) is 16.7. The van der Waals surface area contributed by atoms with E-state index in [0.29, 0.717) is 12.2 Å². The third-order valence-corrected chi connectivity index (χ3v) is 5.50. The summed E-state index contributed by atoms with van der Waals surface area (Å²) in [5.74, 6) is 0.0832. The molecule has 0 bridgehead atoms. The van der Waals surface area contributed by atoms with Crippen LogP contribution in [0.1, 0.15) is 79.0 Å². The Kier molecular flexibility index (Phi) is 10.9. The van der Waals surface area contributed by atoms with E-state index in [-0.39, 0.29) is 17.9 Å². The fraction of sp³-hybridized carbons (Fsp3) is 0.654. The molecule has 0 saturated carbocycles. The van der Waals surface area contributed by atoms with Crippen molar-refractivity contribution in [3.05, 3.63) is 35.4 Å². The SMILES string of the molecule is CSCCC(NC(=O)OC(C)(C)C)C(=O)N(C(C(=O)NC(C)C)c1cccc(C)c1)C(C)(C)C. The molecule has 7 nitrogen and oxygen atoms in total. The fourth-order valence-electron chi connectivity index (χ4n) is 3.58. The number of alkyl carbamates (subject to hydrolysis) is 1. The molecule has 8 heteroatoms. The molecule has 0 radical (unpaired) electrons. The lowest BCUT2D eigenvalue weighted by Crippen LogP contribution is -2.59. The average molecular weight is 494 g/mol. The standard InChI is InChI=1S/C26H43N3O4S/c1-17(2)27-22(30)21(19-13-11-12-18(3)16-19)29(25(4,5)6)23(31)20(14-15-34-10)28-24(32)33-26(7,8)9/h11-13,16-17,20-21H,14-15H2,1-10H3,(H,27,30)(H,28,32). The molecule has 0 spiro atoms. The van der Waals surface area contributed by atoms with Gasteiger partial charge in [-0.1, -0.05) is 29.8 Å². The lowest BCUT2D eigenvalue weighted by Gasteiger charge is -2.43. The van der Waals surface area contributed by atoms with Crippen molar-refractivity contribution in [1.29, 1.82) is 0 Å². The molecule has 3 amide bonds. The summed E-state index contributed by atoms with van der Waals surface area (Å²) < 4.78 is 5.42.